The van der Waals surface area contributed by atoms with E-state index in [-0.39, 0.29) is 23.9 Å². The number of hydrogen-bond donors (Lipinski definition) is 1. The molecule has 1 unspecified atom stereocenters. The monoisotopic (exact) mass is 533 g/mol. The molecule has 0 fully saturated rings. The van der Waals surface area contributed by atoms with Gasteiger partial charge >= 0.3 is 12.1 Å². The van der Waals surface area contributed by atoms with Gasteiger partial charge in [0, 0.05) is 19.7 Å². The molecule has 0 spiro atoms. The molecule has 0 aliphatic rings. The van der Waals surface area contributed by atoms with E-state index in [1.54, 1.807) is 0 Å². The lowest BCUT2D eigenvalue weighted by molar-refractivity contribution is -0.0853. The molecule has 0 radical (unpaired) electrons. The van der Waals surface area contributed by atoms with Crippen molar-refractivity contribution < 1.29 is 38.0 Å². The first-order chi connectivity index (χ1) is 17.5. The molecule has 1 aromatic heterocycles. The zero-order chi connectivity index (χ0) is 26.4. The van der Waals surface area contributed by atoms with Crippen molar-refractivity contribution in [1.82, 2.24) is 4.98 Å². The van der Waals surface area contributed by atoms with Gasteiger partial charge in [-0.3, -0.25) is 0 Å². The van der Waals surface area contributed by atoms with Crippen LogP contribution < -0.4 is 4.74 Å². The van der Waals surface area contributed by atoms with Crippen molar-refractivity contribution in [2.75, 3.05) is 39.6 Å². The SMILES string of the molecule is CCCCCCCCCCCCOc1c[nH]c(C(=O)OC(C)OC(=O)OCCOCCOCC)c1Cl. The highest BCUT2D eigenvalue weighted by molar-refractivity contribution is 6.34. The number of ether oxygens (including phenoxy) is 6. The summed E-state index contributed by atoms with van der Waals surface area (Å²) in [6, 6.07) is 0. The second kappa shape index (κ2) is 21.1. The standard InChI is InChI=1S/C26H44ClNO8/c1-4-6-7-8-9-10-11-12-13-14-15-33-22-20-28-24(23(22)27)25(29)35-21(3)36-26(30)34-19-18-32-17-16-31-5-2/h20-21,28H,4-19H2,1-3H3. The highest BCUT2D eigenvalue weighted by atomic mass is 35.5. The molecule has 36 heavy (non-hydrogen) atoms. The van der Waals surface area contributed by atoms with Gasteiger partial charge in [-0.15, -0.1) is 0 Å². The second-order valence-electron chi connectivity index (χ2n) is 8.37. The third kappa shape index (κ3) is 15.2. The lowest BCUT2D eigenvalue weighted by atomic mass is 10.1. The predicted octanol–water partition coefficient (Wildman–Crippen LogP) is 6.68. The van der Waals surface area contributed by atoms with Crippen molar-refractivity contribution in [3.63, 3.8) is 0 Å². The Labute approximate surface area is 220 Å². The van der Waals surface area contributed by atoms with Gasteiger partial charge in [0.25, 0.3) is 0 Å². The maximum absolute atomic E-state index is 12.4. The topological polar surface area (TPSA) is 105 Å². The van der Waals surface area contributed by atoms with Crippen molar-refractivity contribution in [2.45, 2.75) is 91.3 Å². The molecule has 0 aliphatic heterocycles. The first kappa shape index (κ1) is 32.1. The zero-order valence-electron chi connectivity index (χ0n) is 22.1. The Morgan fingerprint density at radius 2 is 1.44 bits per heavy atom. The molecule has 0 aromatic carbocycles. The fraction of sp³-hybridized carbons (Fsp3) is 0.769. The maximum Gasteiger partial charge on any atom is 0.511 e. The molecule has 9 nitrogen and oxygen atoms in total. The van der Waals surface area contributed by atoms with Gasteiger partial charge in [-0.25, -0.2) is 9.59 Å². The van der Waals surface area contributed by atoms with E-state index in [1.807, 2.05) is 6.92 Å². The van der Waals surface area contributed by atoms with Crippen LogP contribution in [0.3, 0.4) is 0 Å². The Morgan fingerprint density at radius 1 is 0.833 bits per heavy atom. The van der Waals surface area contributed by atoms with Crippen LogP contribution >= 0.6 is 11.6 Å². The van der Waals surface area contributed by atoms with Gasteiger partial charge in [-0.1, -0.05) is 76.3 Å². The van der Waals surface area contributed by atoms with Crippen LogP contribution in [0.4, 0.5) is 4.79 Å². The molecule has 1 atom stereocenters. The molecule has 0 aliphatic carbocycles. The summed E-state index contributed by atoms with van der Waals surface area (Å²) in [6.07, 6.45) is 11.8. The highest BCUT2D eigenvalue weighted by Crippen LogP contribution is 2.29. The molecule has 208 valence electrons. The predicted molar refractivity (Wildman–Crippen MR) is 138 cm³/mol. The Hall–Kier alpha value is -1.97. The van der Waals surface area contributed by atoms with Crippen LogP contribution in [0.1, 0.15) is 95.5 Å². The van der Waals surface area contributed by atoms with Crippen molar-refractivity contribution in [2.24, 2.45) is 0 Å². The normalized spacial score (nSPS) is 11.8. The van der Waals surface area contributed by atoms with Crippen LogP contribution in [-0.4, -0.2) is 63.0 Å². The molecule has 1 aromatic rings. The van der Waals surface area contributed by atoms with Gasteiger partial charge in [0.2, 0.25) is 6.29 Å². The van der Waals surface area contributed by atoms with E-state index in [1.165, 1.54) is 64.5 Å². The van der Waals surface area contributed by atoms with Gasteiger partial charge in [0.15, 0.2) is 5.75 Å². The van der Waals surface area contributed by atoms with Crippen LogP contribution in [0.25, 0.3) is 0 Å². The molecule has 10 heteroatoms. The molecular formula is C26H44ClNO8. The number of H-pyrrole nitrogens is 1. The van der Waals surface area contributed by atoms with Gasteiger partial charge < -0.3 is 33.4 Å². The minimum atomic E-state index is -1.17. The number of esters is 1. The van der Waals surface area contributed by atoms with E-state index in [4.69, 9.17) is 40.0 Å². The lowest BCUT2D eigenvalue weighted by Crippen LogP contribution is -2.23. The summed E-state index contributed by atoms with van der Waals surface area (Å²) in [6.45, 7) is 7.75. The van der Waals surface area contributed by atoms with E-state index >= 15 is 0 Å². The zero-order valence-corrected chi connectivity index (χ0v) is 22.9. The number of rotatable bonds is 22. The number of unbranched alkanes of at least 4 members (excludes halogenated alkanes) is 9. The summed E-state index contributed by atoms with van der Waals surface area (Å²) in [4.78, 5) is 26.8. The van der Waals surface area contributed by atoms with E-state index in [9.17, 15) is 9.59 Å². The number of aromatic nitrogens is 1. The van der Waals surface area contributed by atoms with Gasteiger partial charge in [-0.05, 0) is 13.3 Å². The Morgan fingerprint density at radius 3 is 2.11 bits per heavy atom. The maximum atomic E-state index is 12.4. The summed E-state index contributed by atoms with van der Waals surface area (Å²) in [5.74, 6) is -0.384. The third-order valence-electron chi connectivity index (χ3n) is 5.30. The van der Waals surface area contributed by atoms with Crippen molar-refractivity contribution in [3.05, 3.63) is 16.9 Å². The molecule has 0 saturated heterocycles. The molecule has 1 N–H and O–H groups in total. The highest BCUT2D eigenvalue weighted by Gasteiger charge is 2.22. The van der Waals surface area contributed by atoms with Gasteiger partial charge in [-0.2, -0.15) is 0 Å². The van der Waals surface area contributed by atoms with Crippen molar-refractivity contribution >= 4 is 23.7 Å². The lowest BCUT2D eigenvalue weighted by Gasteiger charge is -2.13. The van der Waals surface area contributed by atoms with Crippen LogP contribution in [0.5, 0.6) is 5.75 Å². The average Bonchev–Trinajstić information content (AvgIpc) is 3.22. The number of nitrogens with one attached hydrogen (secondary N) is 1. The third-order valence-corrected chi connectivity index (χ3v) is 5.68. The summed E-state index contributed by atoms with van der Waals surface area (Å²) >= 11 is 6.26. The Bertz CT molecular complexity index is 712. The summed E-state index contributed by atoms with van der Waals surface area (Å²) in [5, 5.41) is 0.131. The number of aromatic amines is 1. The fourth-order valence-corrected chi connectivity index (χ4v) is 3.61. The summed E-state index contributed by atoms with van der Waals surface area (Å²) < 4.78 is 30.9. The largest absolute Gasteiger partial charge is 0.511 e. The Balaban J connectivity index is 2.18. The summed E-state index contributed by atoms with van der Waals surface area (Å²) in [7, 11) is 0. The van der Waals surface area contributed by atoms with Crippen LogP contribution in [0, 0.1) is 0 Å². The van der Waals surface area contributed by atoms with E-state index in [2.05, 4.69) is 11.9 Å². The van der Waals surface area contributed by atoms with Gasteiger partial charge in [0.05, 0.1) is 26.4 Å². The van der Waals surface area contributed by atoms with Crippen LogP contribution in [0.15, 0.2) is 6.20 Å². The minimum Gasteiger partial charge on any atom is -0.490 e. The number of halogens is 1. The minimum absolute atomic E-state index is 0.00777. The van der Waals surface area contributed by atoms with E-state index in [0.29, 0.717) is 32.2 Å². The molecule has 0 saturated carbocycles. The molecule has 0 bridgehead atoms. The molecular weight excluding hydrogens is 490 g/mol. The van der Waals surface area contributed by atoms with E-state index in [0.717, 1.165) is 12.8 Å². The number of carbonyl (C=O) groups excluding carboxylic acids is 2. The Kier molecular flexibility index (Phi) is 18.8. The van der Waals surface area contributed by atoms with E-state index < -0.39 is 18.4 Å². The quantitative estimate of drug-likeness (QED) is 0.0999. The average molecular weight is 534 g/mol. The second-order valence-corrected chi connectivity index (χ2v) is 8.75. The first-order valence-electron chi connectivity index (χ1n) is 13.2. The van der Waals surface area contributed by atoms with Gasteiger partial charge in [0.1, 0.15) is 17.3 Å². The number of carbonyl (C=O) groups is 2. The molecule has 1 heterocycles. The van der Waals surface area contributed by atoms with Crippen molar-refractivity contribution in [1.29, 1.82) is 0 Å². The molecule has 1 rings (SSSR count). The number of hydrogen-bond acceptors (Lipinski definition) is 8. The van der Waals surface area contributed by atoms with Crippen LogP contribution in [0.2, 0.25) is 5.02 Å². The first-order valence-corrected chi connectivity index (χ1v) is 13.6. The molecule has 0 amide bonds. The fourth-order valence-electron chi connectivity index (χ4n) is 3.36. The summed E-state index contributed by atoms with van der Waals surface area (Å²) in [5.41, 5.74) is 0.0289. The smallest absolute Gasteiger partial charge is 0.490 e. The van der Waals surface area contributed by atoms with Crippen LogP contribution in [-0.2, 0) is 23.7 Å². The van der Waals surface area contributed by atoms with Crippen molar-refractivity contribution in [3.8, 4) is 5.75 Å².